The molecule has 1 aromatic heterocycles. The van der Waals surface area contributed by atoms with Crippen LogP contribution >= 0.6 is 11.3 Å². The number of amides is 1. The maximum absolute atomic E-state index is 11.7. The van der Waals surface area contributed by atoms with E-state index in [0.29, 0.717) is 18.7 Å². The van der Waals surface area contributed by atoms with Gasteiger partial charge in [-0.1, -0.05) is 6.07 Å². The van der Waals surface area contributed by atoms with Crippen molar-refractivity contribution in [1.82, 2.24) is 10.2 Å². The van der Waals surface area contributed by atoms with Crippen LogP contribution in [0.25, 0.3) is 0 Å². The number of hydrogen-bond donors (Lipinski definition) is 1. The number of hydrogen-bond acceptors (Lipinski definition) is 4. The first-order valence-corrected chi connectivity index (χ1v) is 8.87. The van der Waals surface area contributed by atoms with Crippen molar-refractivity contribution < 1.29 is 9.53 Å². The fraction of sp³-hybridized carbons (Fsp3) is 0.688. The van der Waals surface area contributed by atoms with Crippen LogP contribution in [-0.2, 0) is 4.74 Å². The van der Waals surface area contributed by atoms with Crippen molar-refractivity contribution in [2.75, 3.05) is 19.7 Å². The molecule has 1 saturated carbocycles. The van der Waals surface area contributed by atoms with E-state index < -0.39 is 0 Å². The lowest BCUT2D eigenvalue weighted by Crippen LogP contribution is -2.46. The Hall–Kier alpha value is -1.07. The maximum atomic E-state index is 11.7. The van der Waals surface area contributed by atoms with Crippen molar-refractivity contribution in [3.05, 3.63) is 22.4 Å². The molecule has 1 aromatic rings. The third-order valence-electron chi connectivity index (χ3n) is 4.38. The van der Waals surface area contributed by atoms with Crippen LogP contribution in [0.1, 0.15) is 43.5 Å². The lowest BCUT2D eigenvalue weighted by Gasteiger charge is -2.34. The molecule has 1 saturated heterocycles. The smallest absolute Gasteiger partial charge is 0.409 e. The van der Waals surface area contributed by atoms with Crippen LogP contribution in [0.2, 0.25) is 0 Å². The number of piperidine rings is 1. The number of ether oxygens (including phenoxy) is 1. The normalized spacial score (nSPS) is 21.3. The Labute approximate surface area is 130 Å². The number of carbonyl (C=O) groups is 1. The number of likely N-dealkylation sites (tertiary alicyclic amines) is 1. The summed E-state index contributed by atoms with van der Waals surface area (Å²) in [5, 5.41) is 6.01. The molecule has 4 nitrogen and oxygen atoms in total. The second-order valence-corrected chi connectivity index (χ2v) is 6.94. The molecule has 2 aliphatic rings. The first kappa shape index (κ1) is 14.9. The fourth-order valence-electron chi connectivity index (χ4n) is 3.05. The zero-order valence-corrected chi connectivity index (χ0v) is 13.4. The van der Waals surface area contributed by atoms with Crippen molar-refractivity contribution in [2.45, 2.75) is 44.7 Å². The first-order valence-electron chi connectivity index (χ1n) is 7.99. The zero-order valence-electron chi connectivity index (χ0n) is 12.6. The number of nitrogens with zero attached hydrogens (tertiary/aromatic N) is 1. The maximum Gasteiger partial charge on any atom is 0.409 e. The van der Waals surface area contributed by atoms with Gasteiger partial charge in [-0.2, -0.15) is 0 Å². The molecule has 1 amide bonds. The Morgan fingerprint density at radius 3 is 2.76 bits per heavy atom. The Kier molecular flexibility index (Phi) is 4.80. The summed E-state index contributed by atoms with van der Waals surface area (Å²) in [7, 11) is 0. The fourth-order valence-corrected chi connectivity index (χ4v) is 3.92. The zero-order chi connectivity index (χ0) is 14.7. The molecule has 0 spiro atoms. The largest absolute Gasteiger partial charge is 0.450 e. The highest BCUT2D eigenvalue weighted by Crippen LogP contribution is 2.42. The van der Waals surface area contributed by atoms with Gasteiger partial charge in [-0.15, -0.1) is 11.3 Å². The number of carbonyl (C=O) groups excluding carboxylic acids is 1. The minimum atomic E-state index is -0.159. The third-order valence-corrected chi connectivity index (χ3v) is 5.33. The minimum Gasteiger partial charge on any atom is -0.450 e. The number of rotatable bonds is 5. The van der Waals surface area contributed by atoms with Gasteiger partial charge in [0.05, 0.1) is 6.61 Å². The molecule has 2 fully saturated rings. The second kappa shape index (κ2) is 6.79. The van der Waals surface area contributed by atoms with E-state index in [2.05, 4.69) is 22.8 Å². The molecular formula is C16H24N2O2S. The van der Waals surface area contributed by atoms with E-state index in [4.69, 9.17) is 4.74 Å². The van der Waals surface area contributed by atoms with Gasteiger partial charge in [-0.3, -0.25) is 0 Å². The summed E-state index contributed by atoms with van der Waals surface area (Å²) >= 11 is 1.85. The van der Waals surface area contributed by atoms with Crippen molar-refractivity contribution in [3.8, 4) is 0 Å². The molecule has 1 unspecified atom stereocenters. The highest BCUT2D eigenvalue weighted by atomic mass is 32.1. The van der Waals surface area contributed by atoms with Crippen LogP contribution in [0.15, 0.2) is 17.5 Å². The van der Waals surface area contributed by atoms with Gasteiger partial charge >= 0.3 is 6.09 Å². The monoisotopic (exact) mass is 308 g/mol. The average molecular weight is 308 g/mol. The summed E-state index contributed by atoms with van der Waals surface area (Å²) in [5.74, 6) is 0.812. The predicted molar refractivity (Wildman–Crippen MR) is 84.5 cm³/mol. The van der Waals surface area contributed by atoms with Crippen LogP contribution in [0.3, 0.4) is 0 Å². The summed E-state index contributed by atoms with van der Waals surface area (Å²) in [6, 6.07) is 5.42. The number of nitrogens with one attached hydrogen (secondary N) is 1. The van der Waals surface area contributed by atoms with E-state index in [-0.39, 0.29) is 6.09 Å². The van der Waals surface area contributed by atoms with Crippen LogP contribution in [0.4, 0.5) is 4.79 Å². The quantitative estimate of drug-likeness (QED) is 0.906. The second-order valence-electron chi connectivity index (χ2n) is 5.96. The highest BCUT2D eigenvalue weighted by molar-refractivity contribution is 7.10. The summed E-state index contributed by atoms with van der Waals surface area (Å²) in [6.07, 6.45) is 4.57. The van der Waals surface area contributed by atoms with Gasteiger partial charge in [0.2, 0.25) is 0 Å². The van der Waals surface area contributed by atoms with Crippen molar-refractivity contribution in [3.63, 3.8) is 0 Å². The van der Waals surface area contributed by atoms with E-state index in [1.54, 1.807) is 0 Å². The van der Waals surface area contributed by atoms with Gasteiger partial charge in [0.15, 0.2) is 0 Å². The van der Waals surface area contributed by atoms with Crippen LogP contribution < -0.4 is 5.32 Å². The SMILES string of the molecule is CCOC(=O)N1CCC(NC(c2cccs2)C2CC2)CC1. The average Bonchev–Trinajstić information content (AvgIpc) is 3.20. The molecule has 2 heterocycles. The lowest BCUT2D eigenvalue weighted by molar-refractivity contribution is 0.0939. The molecule has 0 aromatic carbocycles. The molecule has 0 bridgehead atoms. The van der Waals surface area contributed by atoms with Gasteiger partial charge in [-0.25, -0.2) is 4.79 Å². The minimum absolute atomic E-state index is 0.159. The van der Waals surface area contributed by atoms with E-state index >= 15 is 0 Å². The molecule has 3 rings (SSSR count). The first-order chi connectivity index (χ1) is 10.3. The Morgan fingerprint density at radius 2 is 2.19 bits per heavy atom. The van der Waals surface area contributed by atoms with Crippen LogP contribution in [0.5, 0.6) is 0 Å². The molecule has 1 aliphatic heterocycles. The molecule has 21 heavy (non-hydrogen) atoms. The van der Waals surface area contributed by atoms with E-state index in [1.165, 1.54) is 17.7 Å². The topological polar surface area (TPSA) is 41.6 Å². The Bertz CT molecular complexity index is 451. The molecule has 1 aliphatic carbocycles. The molecule has 0 radical (unpaired) electrons. The van der Waals surface area contributed by atoms with Crippen LogP contribution in [-0.4, -0.2) is 36.7 Å². The van der Waals surface area contributed by atoms with Gasteiger partial charge in [0.25, 0.3) is 0 Å². The molecule has 116 valence electrons. The molecule has 5 heteroatoms. The predicted octanol–water partition coefficient (Wildman–Crippen LogP) is 3.41. The molecule has 1 N–H and O–H groups in total. The van der Waals surface area contributed by atoms with Crippen molar-refractivity contribution >= 4 is 17.4 Å². The Balaban J connectivity index is 1.51. The number of thiophene rings is 1. The van der Waals surface area contributed by atoms with Crippen molar-refractivity contribution in [1.29, 1.82) is 0 Å². The summed E-state index contributed by atoms with van der Waals surface area (Å²) in [4.78, 5) is 15.0. The lowest BCUT2D eigenvalue weighted by atomic mass is 10.0. The standard InChI is InChI=1S/C16H24N2O2S/c1-2-20-16(19)18-9-7-13(8-10-18)17-15(12-5-6-12)14-4-3-11-21-14/h3-4,11-13,15,17H,2,5-10H2,1H3. The third kappa shape index (κ3) is 3.77. The van der Waals surface area contributed by atoms with Gasteiger partial charge in [0, 0.05) is 30.1 Å². The summed E-state index contributed by atoms with van der Waals surface area (Å²) in [5.41, 5.74) is 0. The molecule has 1 atom stereocenters. The summed E-state index contributed by atoms with van der Waals surface area (Å²) < 4.78 is 5.07. The van der Waals surface area contributed by atoms with E-state index in [1.807, 2.05) is 23.2 Å². The highest BCUT2D eigenvalue weighted by Gasteiger charge is 2.35. The van der Waals surface area contributed by atoms with Crippen molar-refractivity contribution in [2.24, 2.45) is 5.92 Å². The summed E-state index contributed by atoms with van der Waals surface area (Å²) in [6.45, 7) is 3.92. The molecular weight excluding hydrogens is 284 g/mol. The Morgan fingerprint density at radius 1 is 1.43 bits per heavy atom. The van der Waals surface area contributed by atoms with Gasteiger partial charge in [0.1, 0.15) is 0 Å². The van der Waals surface area contributed by atoms with Crippen LogP contribution in [0, 0.1) is 5.92 Å². The van der Waals surface area contributed by atoms with Gasteiger partial charge < -0.3 is 15.0 Å². The van der Waals surface area contributed by atoms with Gasteiger partial charge in [-0.05, 0) is 50.0 Å². The van der Waals surface area contributed by atoms with E-state index in [9.17, 15) is 4.79 Å². The van der Waals surface area contributed by atoms with E-state index in [0.717, 1.165) is 31.8 Å².